The molecule has 0 bridgehead atoms. The Morgan fingerprint density at radius 2 is 1.94 bits per heavy atom. The maximum absolute atomic E-state index is 12.5. The molecule has 1 aliphatic rings. The summed E-state index contributed by atoms with van der Waals surface area (Å²) < 4.78 is 1.82. The zero-order chi connectivity index (χ0) is 23.0. The lowest BCUT2D eigenvalue weighted by Gasteiger charge is -2.22. The van der Waals surface area contributed by atoms with Gasteiger partial charge in [0, 0.05) is 25.1 Å². The van der Waals surface area contributed by atoms with Crippen molar-refractivity contribution in [2.45, 2.75) is 44.6 Å². The third kappa shape index (κ3) is 6.01. The second-order valence-electron chi connectivity index (χ2n) is 8.01. The predicted octanol–water partition coefficient (Wildman–Crippen LogP) is 2.90. The maximum Gasteiger partial charge on any atom is 0.290 e. The fourth-order valence-electron chi connectivity index (χ4n) is 3.83. The highest BCUT2D eigenvalue weighted by atomic mass is 16.3. The fourth-order valence-corrected chi connectivity index (χ4v) is 3.83. The van der Waals surface area contributed by atoms with Gasteiger partial charge in [-0.25, -0.2) is 4.68 Å². The van der Waals surface area contributed by atoms with Gasteiger partial charge in [0.15, 0.2) is 0 Å². The van der Waals surface area contributed by atoms with E-state index in [1.54, 1.807) is 12.4 Å². The van der Waals surface area contributed by atoms with Crippen molar-refractivity contribution in [2.75, 3.05) is 6.54 Å². The summed E-state index contributed by atoms with van der Waals surface area (Å²) in [5.74, 6) is -0.236. The van der Waals surface area contributed by atoms with Gasteiger partial charge in [-0.3, -0.25) is 14.6 Å². The highest BCUT2D eigenvalue weighted by Gasteiger charge is 2.31. The van der Waals surface area contributed by atoms with E-state index in [2.05, 4.69) is 27.5 Å². The fraction of sp³-hybridized carbons (Fsp3) is 0.333. The Bertz CT molecular complexity index is 1030. The standard InChI is InChI=1S/C23H26N4O2.CH2O2/c1-17-15-24-21(22(28)25-16-23(29)9-2-3-10-23)14-19(17)13-18-5-7-20(8-6-18)27-12-4-11-26-27;2-1-3/h4-8,11-12,14-15,29H,2-3,9-10,13,16H2,1H3,(H,25,28);1H,(H,2,3). The van der Waals surface area contributed by atoms with E-state index in [0.29, 0.717) is 5.69 Å². The van der Waals surface area contributed by atoms with Gasteiger partial charge in [0.05, 0.1) is 11.3 Å². The zero-order valence-electron chi connectivity index (χ0n) is 18.1. The SMILES string of the molecule is Cc1cnc(C(=O)NCC2(O)CCCC2)cc1Cc1ccc(-n2cccn2)cc1.O=CO. The Kier molecular flexibility index (Phi) is 7.72. The first-order valence-electron chi connectivity index (χ1n) is 10.6. The molecule has 1 aliphatic carbocycles. The van der Waals surface area contributed by atoms with Gasteiger partial charge in [0.25, 0.3) is 12.4 Å². The van der Waals surface area contributed by atoms with Crippen molar-refractivity contribution in [3.05, 3.63) is 77.4 Å². The number of aliphatic hydroxyl groups is 1. The third-order valence-electron chi connectivity index (χ3n) is 5.66. The van der Waals surface area contributed by atoms with Gasteiger partial charge in [0.1, 0.15) is 5.69 Å². The number of carbonyl (C=O) groups is 2. The summed E-state index contributed by atoms with van der Waals surface area (Å²) in [4.78, 5) is 25.2. The van der Waals surface area contributed by atoms with Gasteiger partial charge in [-0.05, 0) is 67.1 Å². The number of nitrogens with one attached hydrogen (secondary N) is 1. The van der Waals surface area contributed by atoms with E-state index in [9.17, 15) is 9.90 Å². The average Bonchev–Trinajstić information content (AvgIpc) is 3.47. The van der Waals surface area contributed by atoms with Crippen LogP contribution in [0, 0.1) is 6.92 Å². The number of amides is 1. The van der Waals surface area contributed by atoms with Crippen molar-refractivity contribution >= 4 is 12.4 Å². The first-order valence-corrected chi connectivity index (χ1v) is 10.6. The molecule has 0 spiro atoms. The van der Waals surface area contributed by atoms with Crippen LogP contribution in [0.4, 0.5) is 0 Å². The van der Waals surface area contributed by atoms with Crippen molar-refractivity contribution in [1.29, 1.82) is 0 Å². The molecule has 0 atom stereocenters. The summed E-state index contributed by atoms with van der Waals surface area (Å²) in [7, 11) is 0. The lowest BCUT2D eigenvalue weighted by Crippen LogP contribution is -2.41. The van der Waals surface area contributed by atoms with Crippen LogP contribution in [0.1, 0.15) is 52.9 Å². The van der Waals surface area contributed by atoms with Crippen LogP contribution < -0.4 is 5.32 Å². The van der Waals surface area contributed by atoms with Crippen LogP contribution in [0.15, 0.2) is 55.0 Å². The third-order valence-corrected chi connectivity index (χ3v) is 5.66. The second kappa shape index (κ2) is 10.7. The summed E-state index contributed by atoms with van der Waals surface area (Å²) in [6.07, 6.45) is 9.64. The van der Waals surface area contributed by atoms with Gasteiger partial charge in [-0.1, -0.05) is 25.0 Å². The van der Waals surface area contributed by atoms with Crippen molar-refractivity contribution < 1.29 is 19.8 Å². The molecule has 4 rings (SSSR count). The molecule has 32 heavy (non-hydrogen) atoms. The van der Waals surface area contributed by atoms with Gasteiger partial charge in [0.2, 0.25) is 0 Å². The van der Waals surface area contributed by atoms with Crippen molar-refractivity contribution in [1.82, 2.24) is 20.1 Å². The van der Waals surface area contributed by atoms with Crippen LogP contribution in [-0.2, 0) is 11.2 Å². The normalized spacial score (nSPS) is 14.3. The number of benzene rings is 1. The van der Waals surface area contributed by atoms with Crippen LogP contribution in [-0.4, -0.2) is 49.5 Å². The Morgan fingerprint density at radius 1 is 1.25 bits per heavy atom. The summed E-state index contributed by atoms with van der Waals surface area (Å²) in [5.41, 5.74) is 3.90. The number of pyridine rings is 1. The minimum absolute atomic E-state index is 0.236. The molecule has 1 fully saturated rings. The molecule has 3 aromatic rings. The quantitative estimate of drug-likeness (QED) is 0.512. The molecule has 0 radical (unpaired) electrons. The zero-order valence-corrected chi connectivity index (χ0v) is 18.1. The smallest absolute Gasteiger partial charge is 0.290 e. The van der Waals surface area contributed by atoms with Crippen LogP contribution in [0.2, 0.25) is 0 Å². The largest absolute Gasteiger partial charge is 0.483 e. The molecule has 1 amide bonds. The lowest BCUT2D eigenvalue weighted by atomic mass is 10.0. The molecule has 1 saturated carbocycles. The second-order valence-corrected chi connectivity index (χ2v) is 8.01. The van der Waals surface area contributed by atoms with E-state index in [1.807, 2.05) is 42.1 Å². The first-order chi connectivity index (χ1) is 15.4. The highest BCUT2D eigenvalue weighted by molar-refractivity contribution is 5.92. The van der Waals surface area contributed by atoms with Crippen LogP contribution in [0.3, 0.4) is 0 Å². The maximum atomic E-state index is 12.5. The Balaban J connectivity index is 0.000000913. The van der Waals surface area contributed by atoms with Crippen LogP contribution >= 0.6 is 0 Å². The van der Waals surface area contributed by atoms with Gasteiger partial charge >= 0.3 is 0 Å². The molecule has 2 heterocycles. The van der Waals surface area contributed by atoms with E-state index in [-0.39, 0.29) is 18.9 Å². The number of hydrogen-bond donors (Lipinski definition) is 3. The molecular weight excluding hydrogens is 408 g/mol. The first kappa shape index (κ1) is 23.1. The average molecular weight is 437 g/mol. The number of hydrogen-bond acceptors (Lipinski definition) is 5. The molecular formula is C24H28N4O4. The van der Waals surface area contributed by atoms with E-state index in [4.69, 9.17) is 9.90 Å². The van der Waals surface area contributed by atoms with Crippen LogP contribution in [0.25, 0.3) is 5.69 Å². The predicted molar refractivity (Wildman–Crippen MR) is 120 cm³/mol. The van der Waals surface area contributed by atoms with Gasteiger partial charge < -0.3 is 15.5 Å². The lowest BCUT2D eigenvalue weighted by molar-refractivity contribution is -0.122. The van der Waals surface area contributed by atoms with E-state index in [1.165, 1.54) is 0 Å². The molecule has 1 aromatic carbocycles. The van der Waals surface area contributed by atoms with Gasteiger partial charge in [-0.2, -0.15) is 5.10 Å². The molecule has 3 N–H and O–H groups in total. The minimum atomic E-state index is -0.764. The van der Waals surface area contributed by atoms with E-state index >= 15 is 0 Å². The van der Waals surface area contributed by atoms with Crippen LogP contribution in [0.5, 0.6) is 0 Å². The molecule has 168 valence electrons. The number of aryl methyl sites for hydroxylation is 1. The molecule has 0 aliphatic heterocycles. The van der Waals surface area contributed by atoms with Crippen molar-refractivity contribution in [2.24, 2.45) is 0 Å². The topological polar surface area (TPSA) is 117 Å². The molecule has 8 heteroatoms. The number of carboxylic acid groups (broad SMARTS) is 1. The Labute approximate surface area is 186 Å². The van der Waals surface area contributed by atoms with E-state index in [0.717, 1.165) is 54.5 Å². The summed E-state index contributed by atoms with van der Waals surface area (Å²) >= 11 is 0. The molecule has 2 aromatic heterocycles. The molecule has 0 unspecified atom stereocenters. The summed E-state index contributed by atoms with van der Waals surface area (Å²) in [5, 5.41) is 24.4. The minimum Gasteiger partial charge on any atom is -0.483 e. The Hall–Kier alpha value is -3.52. The summed E-state index contributed by atoms with van der Waals surface area (Å²) in [6.45, 7) is 2.04. The van der Waals surface area contributed by atoms with E-state index < -0.39 is 5.60 Å². The van der Waals surface area contributed by atoms with Crippen molar-refractivity contribution in [3.63, 3.8) is 0 Å². The van der Waals surface area contributed by atoms with Crippen molar-refractivity contribution in [3.8, 4) is 5.69 Å². The monoisotopic (exact) mass is 436 g/mol. The number of aromatic nitrogens is 3. The Morgan fingerprint density at radius 3 is 2.56 bits per heavy atom. The molecule has 8 nitrogen and oxygen atoms in total. The number of rotatable bonds is 6. The number of nitrogens with zero attached hydrogens (tertiary/aromatic N) is 3. The highest BCUT2D eigenvalue weighted by Crippen LogP contribution is 2.28. The summed E-state index contributed by atoms with van der Waals surface area (Å²) in [6, 6.07) is 12.0. The number of carbonyl (C=O) groups excluding carboxylic acids is 1. The van der Waals surface area contributed by atoms with Gasteiger partial charge in [-0.15, -0.1) is 0 Å². The molecule has 0 saturated heterocycles.